The molecule has 0 aromatic heterocycles. The van der Waals surface area contributed by atoms with Gasteiger partial charge in [-0.2, -0.15) is 0 Å². The molecule has 1 aromatic rings. The Morgan fingerprint density at radius 1 is 1.47 bits per heavy atom. The van der Waals surface area contributed by atoms with Crippen molar-refractivity contribution in [3.8, 4) is 0 Å². The normalized spacial score (nSPS) is 14.6. The molecule has 1 amide bonds. The van der Waals surface area contributed by atoms with Gasteiger partial charge in [0.25, 0.3) is 5.91 Å². The Labute approximate surface area is 100 Å². The second kappa shape index (κ2) is 4.63. The van der Waals surface area contributed by atoms with Gasteiger partial charge in [0.1, 0.15) is 0 Å². The average Bonchev–Trinajstić information content (AvgIpc) is 3.10. The number of carbonyl (C=O) groups is 1. The number of anilines is 2. The van der Waals surface area contributed by atoms with Crippen LogP contribution >= 0.6 is 0 Å². The predicted octanol–water partition coefficient (Wildman–Crippen LogP) is 0.329. The van der Waals surface area contributed by atoms with Gasteiger partial charge in [0, 0.05) is 12.6 Å². The molecule has 0 heterocycles. The molecule has 0 saturated heterocycles. The van der Waals surface area contributed by atoms with Crippen LogP contribution in [0.4, 0.5) is 11.4 Å². The topological polar surface area (TPSA) is 92.6 Å². The van der Waals surface area contributed by atoms with Gasteiger partial charge in [-0.3, -0.25) is 4.79 Å². The number of benzene rings is 1. The van der Waals surface area contributed by atoms with Crippen LogP contribution < -0.4 is 16.4 Å². The van der Waals surface area contributed by atoms with Gasteiger partial charge in [-0.05, 0) is 25.0 Å². The summed E-state index contributed by atoms with van der Waals surface area (Å²) in [6.07, 6.45) is 2.19. The third-order valence-electron chi connectivity index (χ3n) is 2.99. The van der Waals surface area contributed by atoms with Crippen molar-refractivity contribution in [1.82, 2.24) is 0 Å². The van der Waals surface area contributed by atoms with E-state index in [0.717, 1.165) is 18.5 Å². The molecular formula is C12H17N3O2. The summed E-state index contributed by atoms with van der Waals surface area (Å²) in [5.41, 5.74) is 12.8. The van der Waals surface area contributed by atoms with Gasteiger partial charge in [0.15, 0.2) is 0 Å². The molecule has 0 unspecified atom stereocenters. The number of nitrogens with two attached hydrogens (primary N) is 2. The zero-order chi connectivity index (χ0) is 12.4. The monoisotopic (exact) mass is 235 g/mol. The first-order valence-electron chi connectivity index (χ1n) is 5.71. The van der Waals surface area contributed by atoms with Gasteiger partial charge in [-0.25, -0.2) is 0 Å². The Morgan fingerprint density at radius 3 is 2.71 bits per heavy atom. The average molecular weight is 235 g/mol. The van der Waals surface area contributed by atoms with Gasteiger partial charge in [0.2, 0.25) is 0 Å². The molecule has 1 aromatic carbocycles. The first-order chi connectivity index (χ1) is 8.15. The van der Waals surface area contributed by atoms with E-state index < -0.39 is 5.91 Å². The highest BCUT2D eigenvalue weighted by atomic mass is 16.3. The van der Waals surface area contributed by atoms with Crippen LogP contribution in [0.2, 0.25) is 0 Å². The van der Waals surface area contributed by atoms with E-state index in [9.17, 15) is 4.79 Å². The van der Waals surface area contributed by atoms with Gasteiger partial charge < -0.3 is 21.5 Å². The van der Waals surface area contributed by atoms with Crippen molar-refractivity contribution in [3.05, 3.63) is 23.8 Å². The molecule has 92 valence electrons. The first-order valence-corrected chi connectivity index (χ1v) is 5.71. The second-order valence-corrected chi connectivity index (χ2v) is 4.25. The predicted molar refractivity (Wildman–Crippen MR) is 66.8 cm³/mol. The largest absolute Gasteiger partial charge is 0.396 e. The number of hydrogen-bond acceptors (Lipinski definition) is 4. The lowest BCUT2D eigenvalue weighted by Crippen LogP contribution is -2.30. The number of hydrogen-bond donors (Lipinski definition) is 3. The van der Waals surface area contributed by atoms with Crippen LogP contribution in [0.5, 0.6) is 0 Å². The number of amides is 1. The first kappa shape index (κ1) is 11.7. The lowest BCUT2D eigenvalue weighted by molar-refractivity contribution is 0.100. The van der Waals surface area contributed by atoms with Gasteiger partial charge in [0.05, 0.1) is 23.5 Å². The van der Waals surface area contributed by atoms with Crippen LogP contribution in [0.1, 0.15) is 23.2 Å². The number of primary amides is 1. The molecule has 1 aliphatic carbocycles. The number of aliphatic hydroxyl groups excluding tert-OH is 1. The van der Waals surface area contributed by atoms with Gasteiger partial charge in [-0.15, -0.1) is 0 Å². The molecule has 0 aliphatic heterocycles. The number of aliphatic hydroxyl groups is 1. The third kappa shape index (κ3) is 2.34. The molecule has 17 heavy (non-hydrogen) atoms. The Kier molecular flexibility index (Phi) is 3.19. The van der Waals surface area contributed by atoms with Crippen LogP contribution in [0.15, 0.2) is 18.2 Å². The Balaban J connectivity index is 2.35. The molecule has 5 nitrogen and oxygen atoms in total. The smallest absolute Gasteiger partial charge is 0.250 e. The minimum absolute atomic E-state index is 0.0662. The van der Waals surface area contributed by atoms with E-state index in [1.165, 1.54) is 0 Å². The fourth-order valence-electron chi connectivity index (χ4n) is 2.01. The molecule has 1 aliphatic rings. The van der Waals surface area contributed by atoms with Crippen LogP contribution in [0.3, 0.4) is 0 Å². The highest BCUT2D eigenvalue weighted by Gasteiger charge is 2.30. The maximum atomic E-state index is 11.2. The van der Waals surface area contributed by atoms with E-state index in [2.05, 4.69) is 0 Å². The fourth-order valence-corrected chi connectivity index (χ4v) is 2.01. The van der Waals surface area contributed by atoms with Crippen molar-refractivity contribution in [3.63, 3.8) is 0 Å². The summed E-state index contributed by atoms with van der Waals surface area (Å²) in [6, 6.07) is 5.66. The van der Waals surface area contributed by atoms with Crippen molar-refractivity contribution in [2.24, 2.45) is 5.73 Å². The zero-order valence-electron chi connectivity index (χ0n) is 9.60. The van der Waals surface area contributed by atoms with Crippen molar-refractivity contribution in [1.29, 1.82) is 0 Å². The molecule has 1 fully saturated rings. The summed E-state index contributed by atoms with van der Waals surface area (Å²) in [7, 11) is 0. The quantitative estimate of drug-likeness (QED) is 0.641. The zero-order valence-corrected chi connectivity index (χ0v) is 9.60. The number of para-hydroxylation sites is 1. The summed E-state index contributed by atoms with van der Waals surface area (Å²) in [4.78, 5) is 13.3. The van der Waals surface area contributed by atoms with E-state index in [4.69, 9.17) is 16.6 Å². The molecule has 5 N–H and O–H groups in total. The SMILES string of the molecule is NC(=O)c1cccc(N(CCO)C2CC2)c1N. The van der Waals surface area contributed by atoms with E-state index >= 15 is 0 Å². The van der Waals surface area contributed by atoms with E-state index in [0.29, 0.717) is 23.8 Å². The standard InChI is InChI=1S/C12H17N3O2/c13-11-9(12(14)17)2-1-3-10(11)15(6-7-16)8-4-5-8/h1-3,8,16H,4-7,13H2,(H2,14,17). The molecule has 0 radical (unpaired) electrons. The summed E-state index contributed by atoms with van der Waals surface area (Å²) in [5, 5.41) is 9.07. The number of nitrogens with zero attached hydrogens (tertiary/aromatic N) is 1. The lowest BCUT2D eigenvalue weighted by Gasteiger charge is -2.25. The minimum atomic E-state index is -0.524. The molecule has 2 rings (SSSR count). The van der Waals surface area contributed by atoms with E-state index in [1.807, 2.05) is 11.0 Å². The highest BCUT2D eigenvalue weighted by Crippen LogP contribution is 2.35. The van der Waals surface area contributed by atoms with Gasteiger partial charge in [-0.1, -0.05) is 6.07 Å². The lowest BCUT2D eigenvalue weighted by atomic mass is 10.1. The maximum absolute atomic E-state index is 11.2. The minimum Gasteiger partial charge on any atom is -0.396 e. The van der Waals surface area contributed by atoms with Crippen molar-refractivity contribution >= 4 is 17.3 Å². The second-order valence-electron chi connectivity index (χ2n) is 4.25. The summed E-state index contributed by atoms with van der Waals surface area (Å²) >= 11 is 0. The molecule has 5 heteroatoms. The number of carbonyl (C=O) groups excluding carboxylic acids is 1. The Morgan fingerprint density at radius 2 is 2.18 bits per heavy atom. The molecule has 0 spiro atoms. The fraction of sp³-hybridized carbons (Fsp3) is 0.417. The molecular weight excluding hydrogens is 218 g/mol. The van der Waals surface area contributed by atoms with Crippen molar-refractivity contribution in [2.75, 3.05) is 23.8 Å². The summed E-state index contributed by atoms with van der Waals surface area (Å²) in [5.74, 6) is -0.524. The van der Waals surface area contributed by atoms with Gasteiger partial charge >= 0.3 is 0 Å². The van der Waals surface area contributed by atoms with Crippen LogP contribution in [0, 0.1) is 0 Å². The van der Waals surface area contributed by atoms with Crippen LogP contribution in [-0.4, -0.2) is 30.2 Å². The van der Waals surface area contributed by atoms with Crippen LogP contribution in [-0.2, 0) is 0 Å². The number of nitrogen functional groups attached to an aromatic ring is 1. The molecule has 0 atom stereocenters. The third-order valence-corrected chi connectivity index (χ3v) is 2.99. The van der Waals surface area contributed by atoms with Crippen LogP contribution in [0.25, 0.3) is 0 Å². The van der Waals surface area contributed by atoms with E-state index in [-0.39, 0.29) is 6.61 Å². The maximum Gasteiger partial charge on any atom is 0.250 e. The summed E-state index contributed by atoms with van der Waals surface area (Å²) < 4.78 is 0. The van der Waals surface area contributed by atoms with Crippen molar-refractivity contribution < 1.29 is 9.90 Å². The number of rotatable bonds is 5. The van der Waals surface area contributed by atoms with Crippen molar-refractivity contribution in [2.45, 2.75) is 18.9 Å². The molecule has 0 bridgehead atoms. The summed E-state index contributed by atoms with van der Waals surface area (Å²) in [6.45, 7) is 0.591. The Hall–Kier alpha value is -1.75. The Bertz CT molecular complexity index is 430. The molecule has 1 saturated carbocycles. The van der Waals surface area contributed by atoms with E-state index in [1.54, 1.807) is 12.1 Å². The highest BCUT2D eigenvalue weighted by molar-refractivity contribution is 6.00.